The molecule has 0 saturated heterocycles. The van der Waals surface area contributed by atoms with Gasteiger partial charge in [-0.1, -0.05) is 44.2 Å². The van der Waals surface area contributed by atoms with Crippen LogP contribution in [-0.4, -0.2) is 22.2 Å². The Hall–Kier alpha value is -1.23. The van der Waals surface area contributed by atoms with Crippen molar-refractivity contribution in [1.29, 1.82) is 0 Å². The smallest absolute Gasteiger partial charge is 0.0953 e. The summed E-state index contributed by atoms with van der Waals surface area (Å²) >= 11 is 1.74. The normalized spacial score (nSPS) is 14.3. The van der Waals surface area contributed by atoms with Crippen LogP contribution in [0.5, 0.6) is 0 Å². The molecule has 114 valence electrons. The first kappa shape index (κ1) is 16.1. The van der Waals surface area contributed by atoms with Crippen molar-refractivity contribution >= 4 is 11.3 Å². The molecule has 4 heteroatoms. The highest BCUT2D eigenvalue weighted by atomic mass is 32.1. The minimum atomic E-state index is -0.384. The number of benzene rings is 1. The number of thiazole rings is 1. The molecule has 0 spiro atoms. The van der Waals surface area contributed by atoms with Crippen LogP contribution in [0.25, 0.3) is 0 Å². The lowest BCUT2D eigenvalue weighted by Gasteiger charge is -2.20. The summed E-state index contributed by atoms with van der Waals surface area (Å²) in [7, 11) is 0. The van der Waals surface area contributed by atoms with Crippen LogP contribution in [0.15, 0.2) is 36.5 Å². The van der Waals surface area contributed by atoms with Crippen molar-refractivity contribution < 1.29 is 5.11 Å². The molecule has 2 N–H and O–H groups in total. The number of hydrogen-bond donors (Lipinski definition) is 2. The van der Waals surface area contributed by atoms with E-state index in [9.17, 15) is 5.11 Å². The molecule has 0 amide bonds. The van der Waals surface area contributed by atoms with Gasteiger partial charge in [-0.25, -0.2) is 4.98 Å². The number of nitrogens with one attached hydrogen (secondary N) is 1. The highest BCUT2D eigenvalue weighted by molar-refractivity contribution is 7.11. The molecule has 0 radical (unpaired) electrons. The van der Waals surface area contributed by atoms with Gasteiger partial charge in [-0.3, -0.25) is 0 Å². The van der Waals surface area contributed by atoms with E-state index in [2.05, 4.69) is 24.1 Å². The van der Waals surface area contributed by atoms with Crippen LogP contribution in [0.2, 0.25) is 0 Å². The summed E-state index contributed by atoms with van der Waals surface area (Å²) in [6.07, 6.45) is 2.23. The minimum Gasteiger partial charge on any atom is -0.391 e. The summed E-state index contributed by atoms with van der Waals surface area (Å²) < 4.78 is 0. The van der Waals surface area contributed by atoms with Gasteiger partial charge in [-0.2, -0.15) is 0 Å². The predicted octanol–water partition coefficient (Wildman–Crippen LogP) is 3.35. The van der Waals surface area contributed by atoms with E-state index in [1.54, 1.807) is 11.3 Å². The van der Waals surface area contributed by atoms with Gasteiger partial charge >= 0.3 is 0 Å². The van der Waals surface area contributed by atoms with E-state index in [0.717, 1.165) is 6.54 Å². The van der Waals surface area contributed by atoms with Gasteiger partial charge in [-0.15, -0.1) is 11.3 Å². The Morgan fingerprint density at radius 3 is 2.52 bits per heavy atom. The molecule has 0 bridgehead atoms. The number of rotatable bonds is 7. The van der Waals surface area contributed by atoms with Crippen LogP contribution < -0.4 is 5.32 Å². The van der Waals surface area contributed by atoms with Gasteiger partial charge in [0.2, 0.25) is 0 Å². The lowest BCUT2D eigenvalue weighted by atomic mass is 10.0. The SMILES string of the molecule is CC(C)c1ncc(CNC(C)C(O)Cc2ccccc2)s1. The maximum absolute atomic E-state index is 10.3. The molecule has 1 aromatic carbocycles. The molecule has 2 rings (SSSR count). The van der Waals surface area contributed by atoms with Crippen molar-refractivity contribution in [1.82, 2.24) is 10.3 Å². The van der Waals surface area contributed by atoms with E-state index >= 15 is 0 Å². The number of nitrogens with zero attached hydrogens (tertiary/aromatic N) is 1. The molecule has 0 fully saturated rings. The number of aliphatic hydroxyl groups is 1. The van der Waals surface area contributed by atoms with Crippen LogP contribution >= 0.6 is 11.3 Å². The maximum Gasteiger partial charge on any atom is 0.0953 e. The fourth-order valence-corrected chi connectivity index (χ4v) is 2.97. The Labute approximate surface area is 131 Å². The summed E-state index contributed by atoms with van der Waals surface area (Å²) in [5.41, 5.74) is 1.17. The van der Waals surface area contributed by atoms with Crippen molar-refractivity contribution in [2.75, 3.05) is 0 Å². The highest BCUT2D eigenvalue weighted by Gasteiger charge is 2.15. The van der Waals surface area contributed by atoms with E-state index in [4.69, 9.17) is 0 Å². The van der Waals surface area contributed by atoms with Crippen LogP contribution in [0.4, 0.5) is 0 Å². The molecule has 0 aliphatic heterocycles. The first-order chi connectivity index (χ1) is 10.1. The van der Waals surface area contributed by atoms with Gasteiger partial charge in [0, 0.05) is 29.6 Å². The van der Waals surface area contributed by atoms with E-state index in [1.165, 1.54) is 15.4 Å². The first-order valence-electron chi connectivity index (χ1n) is 7.46. The average Bonchev–Trinajstić information content (AvgIpc) is 2.95. The lowest BCUT2D eigenvalue weighted by molar-refractivity contribution is 0.134. The largest absolute Gasteiger partial charge is 0.391 e. The fraction of sp³-hybridized carbons (Fsp3) is 0.471. The minimum absolute atomic E-state index is 0.0507. The van der Waals surface area contributed by atoms with Gasteiger partial charge in [0.05, 0.1) is 11.1 Å². The summed E-state index contributed by atoms with van der Waals surface area (Å²) in [5, 5.41) is 14.8. The zero-order valence-corrected chi connectivity index (χ0v) is 13.7. The van der Waals surface area contributed by atoms with Crippen molar-refractivity contribution in [3.8, 4) is 0 Å². The molecular weight excluding hydrogens is 280 g/mol. The molecular formula is C17H24N2OS. The summed E-state index contributed by atoms with van der Waals surface area (Å²) in [6.45, 7) is 7.10. The fourth-order valence-electron chi connectivity index (χ4n) is 2.10. The number of hydrogen-bond acceptors (Lipinski definition) is 4. The van der Waals surface area contributed by atoms with Crippen molar-refractivity contribution in [3.05, 3.63) is 52.0 Å². The number of aromatic nitrogens is 1. The zero-order chi connectivity index (χ0) is 15.2. The third kappa shape index (κ3) is 4.92. The third-order valence-electron chi connectivity index (χ3n) is 3.53. The topological polar surface area (TPSA) is 45.2 Å². The van der Waals surface area contributed by atoms with Crippen molar-refractivity contribution in [2.45, 2.75) is 51.8 Å². The maximum atomic E-state index is 10.3. The Kier molecular flexibility index (Phi) is 5.91. The average molecular weight is 304 g/mol. The van der Waals surface area contributed by atoms with Gasteiger partial charge in [0.15, 0.2) is 0 Å². The first-order valence-corrected chi connectivity index (χ1v) is 8.28. The second kappa shape index (κ2) is 7.69. The Morgan fingerprint density at radius 1 is 1.19 bits per heavy atom. The lowest BCUT2D eigenvalue weighted by Crippen LogP contribution is -2.38. The third-order valence-corrected chi connectivity index (χ3v) is 4.83. The van der Waals surface area contributed by atoms with Gasteiger partial charge < -0.3 is 10.4 Å². The monoisotopic (exact) mass is 304 g/mol. The van der Waals surface area contributed by atoms with Crippen molar-refractivity contribution in [3.63, 3.8) is 0 Å². The molecule has 1 heterocycles. The summed E-state index contributed by atoms with van der Waals surface area (Å²) in [6, 6.07) is 10.2. The van der Waals surface area contributed by atoms with E-state index < -0.39 is 0 Å². The zero-order valence-electron chi connectivity index (χ0n) is 12.9. The van der Waals surface area contributed by atoms with Gasteiger partial charge in [0.1, 0.15) is 0 Å². The molecule has 0 aliphatic carbocycles. The quantitative estimate of drug-likeness (QED) is 0.824. The highest BCUT2D eigenvalue weighted by Crippen LogP contribution is 2.21. The van der Waals surface area contributed by atoms with E-state index in [0.29, 0.717) is 12.3 Å². The van der Waals surface area contributed by atoms with Crippen LogP contribution in [-0.2, 0) is 13.0 Å². The molecule has 2 unspecified atom stereocenters. The van der Waals surface area contributed by atoms with E-state index in [1.807, 2.05) is 43.5 Å². The molecule has 2 aromatic rings. The van der Waals surface area contributed by atoms with Crippen molar-refractivity contribution in [2.24, 2.45) is 0 Å². The van der Waals surface area contributed by atoms with Crippen LogP contribution in [0.1, 0.15) is 42.1 Å². The second-order valence-corrected chi connectivity index (χ2v) is 6.89. The molecule has 3 nitrogen and oxygen atoms in total. The molecule has 0 saturated carbocycles. The Morgan fingerprint density at radius 2 is 1.90 bits per heavy atom. The van der Waals surface area contributed by atoms with Gasteiger partial charge in [0.25, 0.3) is 0 Å². The van der Waals surface area contributed by atoms with Crippen LogP contribution in [0.3, 0.4) is 0 Å². The molecule has 2 atom stereocenters. The van der Waals surface area contributed by atoms with Crippen LogP contribution in [0, 0.1) is 0 Å². The standard InChI is InChI=1S/C17H24N2OS/c1-12(2)17-19-11-15(21-17)10-18-13(3)16(20)9-14-7-5-4-6-8-14/h4-8,11-13,16,18,20H,9-10H2,1-3H3. The summed E-state index contributed by atoms with van der Waals surface area (Å²) in [5.74, 6) is 0.477. The molecule has 0 aliphatic rings. The van der Waals surface area contributed by atoms with E-state index in [-0.39, 0.29) is 12.1 Å². The number of aliphatic hydroxyl groups excluding tert-OH is 1. The molecule has 1 aromatic heterocycles. The summed E-state index contributed by atoms with van der Waals surface area (Å²) in [4.78, 5) is 5.64. The molecule has 21 heavy (non-hydrogen) atoms. The van der Waals surface area contributed by atoms with Gasteiger partial charge in [-0.05, 0) is 18.9 Å². The Bertz CT molecular complexity index is 539. The predicted molar refractivity (Wildman–Crippen MR) is 88.7 cm³/mol. The Balaban J connectivity index is 1.81. The second-order valence-electron chi connectivity index (χ2n) is 5.75.